The van der Waals surface area contributed by atoms with Crippen LogP contribution in [0.4, 0.5) is 5.69 Å². The second kappa shape index (κ2) is 4.17. The summed E-state index contributed by atoms with van der Waals surface area (Å²) in [6.45, 7) is 3.16. The number of nitrogens with two attached hydrogens (primary N) is 1. The van der Waals surface area contributed by atoms with Crippen molar-refractivity contribution in [3.63, 3.8) is 0 Å². The maximum Gasteiger partial charge on any atom is 0.139 e. The molecule has 0 unspecified atom stereocenters. The summed E-state index contributed by atoms with van der Waals surface area (Å²) in [5, 5.41) is 0. The summed E-state index contributed by atoms with van der Waals surface area (Å²) < 4.78 is 2.16. The predicted octanol–water partition coefficient (Wildman–Crippen LogP) is 2.54. The van der Waals surface area contributed by atoms with E-state index >= 15 is 0 Å². The van der Waals surface area contributed by atoms with Crippen LogP contribution >= 0.6 is 0 Å². The summed E-state index contributed by atoms with van der Waals surface area (Å²) in [6.07, 6.45) is 4.95. The minimum absolute atomic E-state index is 0.785. The Balaban J connectivity index is 2.36. The molecule has 0 atom stereocenters. The summed E-state index contributed by atoms with van der Waals surface area (Å²) in [5.41, 5.74) is 7.55. The molecule has 0 saturated carbocycles. The molecule has 0 aliphatic rings. The van der Waals surface area contributed by atoms with Gasteiger partial charge in [0.2, 0.25) is 0 Å². The van der Waals surface area contributed by atoms with Crippen LogP contribution in [0.25, 0.3) is 11.4 Å². The fraction of sp³-hybridized carbons (Fsp3) is 0.250. The van der Waals surface area contributed by atoms with Gasteiger partial charge in [0.1, 0.15) is 5.82 Å². The zero-order chi connectivity index (χ0) is 10.7. The number of hydrogen-bond donors (Lipinski definition) is 1. The Kier molecular flexibility index (Phi) is 2.72. The Hall–Kier alpha value is -1.77. The van der Waals surface area contributed by atoms with Gasteiger partial charge in [0.25, 0.3) is 0 Å². The third-order valence-electron chi connectivity index (χ3n) is 2.35. The van der Waals surface area contributed by atoms with Gasteiger partial charge in [0.05, 0.1) is 0 Å². The molecule has 15 heavy (non-hydrogen) atoms. The lowest BCUT2D eigenvalue weighted by molar-refractivity contribution is 0.685. The van der Waals surface area contributed by atoms with E-state index < -0.39 is 0 Å². The summed E-state index contributed by atoms with van der Waals surface area (Å²) in [7, 11) is 0. The molecule has 1 heterocycles. The highest BCUT2D eigenvalue weighted by molar-refractivity contribution is 5.59. The van der Waals surface area contributed by atoms with E-state index in [-0.39, 0.29) is 0 Å². The van der Waals surface area contributed by atoms with E-state index in [1.165, 1.54) is 0 Å². The van der Waals surface area contributed by atoms with Gasteiger partial charge in [-0.25, -0.2) is 4.98 Å². The van der Waals surface area contributed by atoms with Crippen LogP contribution in [-0.2, 0) is 6.54 Å². The van der Waals surface area contributed by atoms with Gasteiger partial charge in [0, 0.05) is 30.2 Å². The normalized spacial score (nSPS) is 10.5. The van der Waals surface area contributed by atoms with Crippen LogP contribution in [0.2, 0.25) is 0 Å². The molecule has 0 aliphatic heterocycles. The van der Waals surface area contributed by atoms with Crippen LogP contribution in [0.3, 0.4) is 0 Å². The minimum atomic E-state index is 0.785. The fourth-order valence-electron chi connectivity index (χ4n) is 1.62. The van der Waals surface area contributed by atoms with E-state index in [1.807, 2.05) is 36.7 Å². The molecule has 0 aliphatic carbocycles. The molecule has 2 rings (SSSR count). The van der Waals surface area contributed by atoms with Crippen molar-refractivity contribution < 1.29 is 0 Å². The first kappa shape index (κ1) is 9.77. The Labute approximate surface area is 89.6 Å². The Bertz CT molecular complexity index is 428. The summed E-state index contributed by atoms with van der Waals surface area (Å²) in [6, 6.07) is 7.81. The van der Waals surface area contributed by atoms with Crippen LogP contribution in [-0.4, -0.2) is 9.55 Å². The standard InChI is InChI=1S/C12H15N3/c1-2-8-15-9-7-14-12(15)10-3-5-11(13)6-4-10/h3-7,9H,2,8,13H2,1H3. The molecule has 1 aromatic heterocycles. The zero-order valence-corrected chi connectivity index (χ0v) is 8.85. The largest absolute Gasteiger partial charge is 0.399 e. The third-order valence-corrected chi connectivity index (χ3v) is 2.35. The number of nitrogen functional groups attached to an aromatic ring is 1. The van der Waals surface area contributed by atoms with Crippen molar-refractivity contribution in [1.82, 2.24) is 9.55 Å². The lowest BCUT2D eigenvalue weighted by atomic mass is 10.2. The number of aryl methyl sites for hydroxylation is 1. The molecular weight excluding hydrogens is 186 g/mol. The Morgan fingerprint density at radius 3 is 2.67 bits per heavy atom. The Morgan fingerprint density at radius 1 is 1.27 bits per heavy atom. The highest BCUT2D eigenvalue weighted by Gasteiger charge is 2.04. The number of aromatic nitrogens is 2. The van der Waals surface area contributed by atoms with E-state index in [0.717, 1.165) is 30.0 Å². The number of rotatable bonds is 3. The van der Waals surface area contributed by atoms with Crippen molar-refractivity contribution >= 4 is 5.69 Å². The number of hydrogen-bond acceptors (Lipinski definition) is 2. The molecule has 78 valence electrons. The molecule has 0 amide bonds. The van der Waals surface area contributed by atoms with Gasteiger partial charge in [0.15, 0.2) is 0 Å². The first-order valence-electron chi connectivity index (χ1n) is 5.18. The third kappa shape index (κ3) is 2.01. The molecule has 2 N–H and O–H groups in total. The molecule has 3 heteroatoms. The average Bonchev–Trinajstić information content (AvgIpc) is 2.68. The van der Waals surface area contributed by atoms with E-state index in [1.54, 1.807) is 0 Å². The molecule has 0 spiro atoms. The molecule has 0 radical (unpaired) electrons. The molecule has 0 fully saturated rings. The predicted molar refractivity (Wildman–Crippen MR) is 62.4 cm³/mol. The highest BCUT2D eigenvalue weighted by atomic mass is 15.1. The van der Waals surface area contributed by atoms with Crippen LogP contribution in [0, 0.1) is 0 Å². The van der Waals surface area contributed by atoms with Crippen LogP contribution < -0.4 is 5.73 Å². The monoisotopic (exact) mass is 201 g/mol. The first-order chi connectivity index (χ1) is 7.31. The second-order valence-electron chi connectivity index (χ2n) is 3.57. The van der Waals surface area contributed by atoms with Crippen molar-refractivity contribution in [1.29, 1.82) is 0 Å². The highest BCUT2D eigenvalue weighted by Crippen LogP contribution is 2.18. The average molecular weight is 201 g/mol. The van der Waals surface area contributed by atoms with Crippen LogP contribution in [0.1, 0.15) is 13.3 Å². The molecule has 0 saturated heterocycles. The fourth-order valence-corrected chi connectivity index (χ4v) is 1.62. The molecule has 0 bridgehead atoms. The number of imidazole rings is 1. The smallest absolute Gasteiger partial charge is 0.139 e. The van der Waals surface area contributed by atoms with Crippen molar-refractivity contribution in [2.24, 2.45) is 0 Å². The van der Waals surface area contributed by atoms with E-state index in [9.17, 15) is 0 Å². The summed E-state index contributed by atoms with van der Waals surface area (Å²) >= 11 is 0. The molecule has 3 nitrogen and oxygen atoms in total. The lowest BCUT2D eigenvalue weighted by Crippen LogP contribution is -1.98. The number of benzene rings is 1. The van der Waals surface area contributed by atoms with Crippen LogP contribution in [0.5, 0.6) is 0 Å². The zero-order valence-electron chi connectivity index (χ0n) is 8.85. The van der Waals surface area contributed by atoms with Gasteiger partial charge < -0.3 is 10.3 Å². The summed E-state index contributed by atoms with van der Waals surface area (Å²) in [4.78, 5) is 4.36. The number of anilines is 1. The van der Waals surface area contributed by atoms with E-state index in [0.29, 0.717) is 0 Å². The minimum Gasteiger partial charge on any atom is -0.399 e. The quantitative estimate of drug-likeness (QED) is 0.775. The molecule has 1 aromatic carbocycles. The summed E-state index contributed by atoms with van der Waals surface area (Å²) in [5.74, 6) is 1.01. The van der Waals surface area contributed by atoms with Gasteiger partial charge in [-0.3, -0.25) is 0 Å². The van der Waals surface area contributed by atoms with Crippen molar-refractivity contribution in [3.8, 4) is 11.4 Å². The lowest BCUT2D eigenvalue weighted by Gasteiger charge is -2.06. The van der Waals surface area contributed by atoms with Gasteiger partial charge in [-0.05, 0) is 30.7 Å². The van der Waals surface area contributed by atoms with Crippen molar-refractivity contribution in [3.05, 3.63) is 36.7 Å². The molecular formula is C12H15N3. The first-order valence-corrected chi connectivity index (χ1v) is 5.18. The second-order valence-corrected chi connectivity index (χ2v) is 3.57. The van der Waals surface area contributed by atoms with Gasteiger partial charge in [-0.2, -0.15) is 0 Å². The molecule has 2 aromatic rings. The SMILES string of the molecule is CCCn1ccnc1-c1ccc(N)cc1. The van der Waals surface area contributed by atoms with Crippen molar-refractivity contribution in [2.45, 2.75) is 19.9 Å². The van der Waals surface area contributed by atoms with E-state index in [4.69, 9.17) is 5.73 Å². The van der Waals surface area contributed by atoms with Gasteiger partial charge in [-0.15, -0.1) is 0 Å². The topological polar surface area (TPSA) is 43.8 Å². The van der Waals surface area contributed by atoms with E-state index in [2.05, 4.69) is 16.5 Å². The van der Waals surface area contributed by atoms with Gasteiger partial charge in [-0.1, -0.05) is 6.92 Å². The van der Waals surface area contributed by atoms with Gasteiger partial charge >= 0.3 is 0 Å². The maximum atomic E-state index is 5.65. The van der Waals surface area contributed by atoms with Crippen molar-refractivity contribution in [2.75, 3.05) is 5.73 Å². The Morgan fingerprint density at radius 2 is 2.00 bits per heavy atom. The number of nitrogens with zero attached hydrogens (tertiary/aromatic N) is 2. The maximum absolute atomic E-state index is 5.65. The van der Waals surface area contributed by atoms with Crippen LogP contribution in [0.15, 0.2) is 36.7 Å².